The van der Waals surface area contributed by atoms with Crippen molar-refractivity contribution in [2.45, 2.75) is 6.92 Å². The number of carbonyl (C=O) groups is 1. The fraction of sp³-hybridized carbons (Fsp3) is 0.0714. The van der Waals surface area contributed by atoms with Crippen LogP contribution in [0.2, 0.25) is 5.02 Å². The van der Waals surface area contributed by atoms with E-state index in [0.29, 0.717) is 16.8 Å². The number of hydrogen-bond acceptors (Lipinski definition) is 1. The zero-order valence-electron chi connectivity index (χ0n) is 10.5. The summed E-state index contributed by atoms with van der Waals surface area (Å²) in [6, 6.07) is 7.25. The zero-order valence-corrected chi connectivity index (χ0v) is 11.3. The first-order chi connectivity index (χ1) is 9.45. The zero-order chi connectivity index (χ0) is 14.7. The molecule has 0 fully saturated rings. The molecule has 20 heavy (non-hydrogen) atoms. The van der Waals surface area contributed by atoms with Gasteiger partial charge in [-0.3, -0.25) is 0 Å². The molecule has 0 aliphatic rings. The van der Waals surface area contributed by atoms with Gasteiger partial charge < -0.3 is 10.6 Å². The van der Waals surface area contributed by atoms with Gasteiger partial charge in [0.05, 0.1) is 5.69 Å². The van der Waals surface area contributed by atoms with Crippen LogP contribution >= 0.6 is 11.6 Å². The summed E-state index contributed by atoms with van der Waals surface area (Å²) >= 11 is 5.93. The molecule has 0 saturated heterocycles. The Kier molecular flexibility index (Phi) is 4.20. The third kappa shape index (κ3) is 3.45. The largest absolute Gasteiger partial charge is 0.323 e. The van der Waals surface area contributed by atoms with Crippen molar-refractivity contribution in [2.24, 2.45) is 0 Å². The normalized spacial score (nSPS) is 10.2. The molecule has 104 valence electrons. The van der Waals surface area contributed by atoms with Crippen LogP contribution in [-0.2, 0) is 0 Å². The SMILES string of the molecule is Cc1ccc(NC(=O)Nc2ccc(F)cc2F)cc1Cl. The lowest BCUT2D eigenvalue weighted by atomic mass is 10.2. The van der Waals surface area contributed by atoms with E-state index in [4.69, 9.17) is 11.6 Å². The minimum Gasteiger partial charge on any atom is -0.308 e. The van der Waals surface area contributed by atoms with Crippen molar-refractivity contribution >= 4 is 29.0 Å². The van der Waals surface area contributed by atoms with Crippen molar-refractivity contribution in [3.63, 3.8) is 0 Å². The maximum atomic E-state index is 13.4. The number of carbonyl (C=O) groups excluding carboxylic acids is 1. The number of hydrogen-bond donors (Lipinski definition) is 2. The minimum atomic E-state index is -0.845. The Morgan fingerprint density at radius 3 is 2.50 bits per heavy atom. The number of rotatable bonds is 2. The monoisotopic (exact) mass is 296 g/mol. The van der Waals surface area contributed by atoms with Crippen molar-refractivity contribution in [3.05, 3.63) is 58.6 Å². The molecule has 0 spiro atoms. The Morgan fingerprint density at radius 2 is 1.85 bits per heavy atom. The molecule has 0 saturated carbocycles. The van der Waals surface area contributed by atoms with Gasteiger partial charge in [-0.1, -0.05) is 17.7 Å². The molecule has 2 amide bonds. The second-order valence-corrected chi connectivity index (χ2v) is 4.57. The first kappa shape index (κ1) is 14.3. The van der Waals surface area contributed by atoms with Crippen LogP contribution in [0.4, 0.5) is 25.0 Å². The summed E-state index contributed by atoms with van der Waals surface area (Å²) in [4.78, 5) is 11.7. The maximum absolute atomic E-state index is 13.4. The highest BCUT2D eigenvalue weighted by molar-refractivity contribution is 6.31. The molecule has 0 aliphatic heterocycles. The van der Waals surface area contributed by atoms with Gasteiger partial charge in [0.2, 0.25) is 0 Å². The van der Waals surface area contributed by atoms with Crippen molar-refractivity contribution < 1.29 is 13.6 Å². The Balaban J connectivity index is 2.07. The van der Waals surface area contributed by atoms with Crippen molar-refractivity contribution in [1.82, 2.24) is 0 Å². The number of nitrogens with one attached hydrogen (secondary N) is 2. The molecule has 0 atom stereocenters. The standard InChI is InChI=1S/C14H11ClF2N2O/c1-8-2-4-10(7-11(8)15)18-14(20)19-13-5-3-9(16)6-12(13)17/h2-7H,1H3,(H2,18,19,20). The average molecular weight is 297 g/mol. The van der Waals surface area contributed by atoms with E-state index in [9.17, 15) is 13.6 Å². The molecule has 0 radical (unpaired) electrons. The van der Waals surface area contributed by atoms with E-state index in [1.807, 2.05) is 6.92 Å². The van der Waals surface area contributed by atoms with Crippen LogP contribution in [-0.4, -0.2) is 6.03 Å². The molecule has 2 aromatic carbocycles. The van der Waals surface area contributed by atoms with Gasteiger partial charge in [0, 0.05) is 16.8 Å². The first-order valence-electron chi connectivity index (χ1n) is 5.75. The molecular formula is C14H11ClF2N2O. The predicted molar refractivity (Wildman–Crippen MR) is 75.2 cm³/mol. The highest BCUT2D eigenvalue weighted by atomic mass is 35.5. The van der Waals surface area contributed by atoms with Crippen LogP contribution in [0, 0.1) is 18.6 Å². The highest BCUT2D eigenvalue weighted by Crippen LogP contribution is 2.20. The van der Waals surface area contributed by atoms with E-state index in [1.54, 1.807) is 18.2 Å². The lowest BCUT2D eigenvalue weighted by molar-refractivity contribution is 0.262. The van der Waals surface area contributed by atoms with Crippen molar-refractivity contribution in [1.29, 1.82) is 0 Å². The van der Waals surface area contributed by atoms with Gasteiger partial charge in [0.1, 0.15) is 11.6 Å². The lowest BCUT2D eigenvalue weighted by Gasteiger charge is -2.09. The molecule has 0 aliphatic carbocycles. The van der Waals surface area contributed by atoms with Gasteiger partial charge in [-0.2, -0.15) is 0 Å². The van der Waals surface area contributed by atoms with E-state index in [0.717, 1.165) is 17.7 Å². The molecule has 0 bridgehead atoms. The van der Waals surface area contributed by atoms with E-state index < -0.39 is 17.7 Å². The van der Waals surface area contributed by atoms with Gasteiger partial charge in [0.15, 0.2) is 0 Å². The molecule has 2 rings (SSSR count). The smallest absolute Gasteiger partial charge is 0.308 e. The fourth-order valence-corrected chi connectivity index (χ4v) is 1.73. The van der Waals surface area contributed by atoms with Crippen LogP contribution in [0.15, 0.2) is 36.4 Å². The number of anilines is 2. The molecule has 0 unspecified atom stereocenters. The summed E-state index contributed by atoms with van der Waals surface area (Å²) < 4.78 is 26.1. The number of aryl methyl sites for hydroxylation is 1. The van der Waals surface area contributed by atoms with Gasteiger partial charge in [-0.15, -0.1) is 0 Å². The number of halogens is 3. The summed E-state index contributed by atoms with van der Waals surface area (Å²) in [5.74, 6) is -1.55. The Hall–Kier alpha value is -2.14. The van der Waals surface area contributed by atoms with E-state index in [2.05, 4.69) is 10.6 Å². The highest BCUT2D eigenvalue weighted by Gasteiger charge is 2.08. The topological polar surface area (TPSA) is 41.1 Å². The van der Waals surface area contributed by atoms with Crippen LogP contribution in [0.25, 0.3) is 0 Å². The molecule has 0 aromatic heterocycles. The second-order valence-electron chi connectivity index (χ2n) is 4.17. The average Bonchev–Trinajstić information content (AvgIpc) is 2.37. The maximum Gasteiger partial charge on any atom is 0.323 e. The Labute approximate surface area is 119 Å². The van der Waals surface area contributed by atoms with Gasteiger partial charge in [-0.05, 0) is 36.8 Å². The summed E-state index contributed by atoms with van der Waals surface area (Å²) in [7, 11) is 0. The molecule has 6 heteroatoms. The van der Waals surface area contributed by atoms with E-state index in [1.165, 1.54) is 0 Å². The third-order valence-corrected chi connectivity index (χ3v) is 3.02. The Bertz CT molecular complexity index is 662. The van der Waals surface area contributed by atoms with Crippen LogP contribution < -0.4 is 10.6 Å². The predicted octanol–water partition coefficient (Wildman–Crippen LogP) is 4.57. The quantitative estimate of drug-likeness (QED) is 0.837. The number of benzene rings is 2. The van der Waals surface area contributed by atoms with Gasteiger partial charge in [0.25, 0.3) is 0 Å². The molecule has 3 nitrogen and oxygen atoms in total. The van der Waals surface area contributed by atoms with E-state index >= 15 is 0 Å². The molecule has 2 aromatic rings. The van der Waals surface area contributed by atoms with Gasteiger partial charge in [-0.25, -0.2) is 13.6 Å². The summed E-state index contributed by atoms with van der Waals surface area (Å²) in [5.41, 5.74) is 1.24. The molecular weight excluding hydrogens is 286 g/mol. The molecule has 0 heterocycles. The third-order valence-electron chi connectivity index (χ3n) is 2.61. The van der Waals surface area contributed by atoms with Crippen LogP contribution in [0.5, 0.6) is 0 Å². The number of amides is 2. The van der Waals surface area contributed by atoms with Crippen LogP contribution in [0.3, 0.4) is 0 Å². The summed E-state index contributed by atoms with van der Waals surface area (Å²) in [5, 5.41) is 5.30. The minimum absolute atomic E-state index is 0.109. The first-order valence-corrected chi connectivity index (χ1v) is 6.13. The van der Waals surface area contributed by atoms with E-state index in [-0.39, 0.29) is 5.69 Å². The van der Waals surface area contributed by atoms with Gasteiger partial charge >= 0.3 is 6.03 Å². The molecule has 2 N–H and O–H groups in total. The fourth-order valence-electron chi connectivity index (χ4n) is 1.55. The lowest BCUT2D eigenvalue weighted by Crippen LogP contribution is -2.20. The Morgan fingerprint density at radius 1 is 1.10 bits per heavy atom. The van der Waals surface area contributed by atoms with Crippen molar-refractivity contribution in [3.8, 4) is 0 Å². The summed E-state index contributed by atoms with van der Waals surface area (Å²) in [6.07, 6.45) is 0. The van der Waals surface area contributed by atoms with Crippen molar-refractivity contribution in [2.75, 3.05) is 10.6 Å². The summed E-state index contributed by atoms with van der Waals surface area (Å²) in [6.45, 7) is 1.83. The van der Waals surface area contributed by atoms with Crippen LogP contribution in [0.1, 0.15) is 5.56 Å². The second kappa shape index (κ2) is 5.88. The number of urea groups is 1.